The molecule has 1 fully saturated rings. The number of sulfonamides is 2. The van der Waals surface area contributed by atoms with E-state index >= 15 is 0 Å². The smallest absolute Gasteiger partial charge is 0.264 e. The van der Waals surface area contributed by atoms with E-state index in [0.29, 0.717) is 43.4 Å². The van der Waals surface area contributed by atoms with E-state index in [0.717, 1.165) is 24.3 Å². The highest BCUT2D eigenvalue weighted by molar-refractivity contribution is 7.93. The Kier molecular flexibility index (Phi) is 9.04. The molecule has 4 aromatic carbocycles. The summed E-state index contributed by atoms with van der Waals surface area (Å²) in [6.45, 7) is 1.79. The molecule has 230 valence electrons. The standard InChI is InChI=1S/C30H29FN4O7S2/c1-41-24-11-8-22(9-12-24)33-44(39,40)29-20-23(10-15-28(29)35-16-18-42-19-17-35)32-30(36)26-4-2-3-5-27(26)34-43(37,38)25-13-6-21(31)7-14-25/h2-15,20,33-34H,16-19H2,1H3,(H,32,36). The number of anilines is 4. The molecule has 0 saturated carbocycles. The van der Waals surface area contributed by atoms with Crippen LogP contribution in [0.2, 0.25) is 0 Å². The second kappa shape index (κ2) is 12.9. The predicted octanol–water partition coefficient (Wildman–Crippen LogP) is 4.52. The van der Waals surface area contributed by atoms with Gasteiger partial charge in [0.2, 0.25) is 0 Å². The molecule has 0 radical (unpaired) electrons. The number of rotatable bonds is 10. The Hall–Kier alpha value is -4.66. The number of amides is 1. The first kappa shape index (κ1) is 30.8. The quantitative estimate of drug-likeness (QED) is 0.230. The van der Waals surface area contributed by atoms with Gasteiger partial charge in [-0.3, -0.25) is 14.2 Å². The molecule has 14 heteroatoms. The van der Waals surface area contributed by atoms with Gasteiger partial charge in [-0.25, -0.2) is 21.2 Å². The molecule has 11 nitrogen and oxygen atoms in total. The maximum absolute atomic E-state index is 13.7. The highest BCUT2D eigenvalue weighted by Crippen LogP contribution is 2.32. The summed E-state index contributed by atoms with van der Waals surface area (Å²) in [5.41, 5.74) is 0.873. The summed E-state index contributed by atoms with van der Waals surface area (Å²) in [7, 11) is -6.78. The Bertz CT molecular complexity index is 1860. The number of para-hydroxylation sites is 1. The molecule has 0 aromatic heterocycles. The zero-order chi connectivity index (χ0) is 31.3. The summed E-state index contributed by atoms with van der Waals surface area (Å²) in [5, 5.41) is 2.68. The van der Waals surface area contributed by atoms with Crippen molar-refractivity contribution in [2.24, 2.45) is 0 Å². The van der Waals surface area contributed by atoms with Crippen LogP contribution in [-0.2, 0) is 24.8 Å². The van der Waals surface area contributed by atoms with Gasteiger partial charge in [-0.15, -0.1) is 0 Å². The fraction of sp³-hybridized carbons (Fsp3) is 0.167. The van der Waals surface area contributed by atoms with Gasteiger partial charge in [-0.2, -0.15) is 0 Å². The molecule has 0 unspecified atom stereocenters. The molecule has 5 rings (SSSR count). The molecule has 1 heterocycles. The van der Waals surface area contributed by atoms with Crippen molar-refractivity contribution in [2.75, 3.05) is 53.1 Å². The number of hydrogen-bond donors (Lipinski definition) is 3. The molecule has 1 aliphatic rings. The zero-order valence-corrected chi connectivity index (χ0v) is 25.1. The van der Waals surface area contributed by atoms with Gasteiger partial charge < -0.3 is 19.7 Å². The van der Waals surface area contributed by atoms with Crippen molar-refractivity contribution in [3.8, 4) is 5.75 Å². The van der Waals surface area contributed by atoms with E-state index in [1.165, 1.54) is 25.3 Å². The van der Waals surface area contributed by atoms with Gasteiger partial charge in [-0.1, -0.05) is 12.1 Å². The number of benzene rings is 4. The summed E-state index contributed by atoms with van der Waals surface area (Å²) in [4.78, 5) is 15.0. The van der Waals surface area contributed by atoms with Gasteiger partial charge in [0.1, 0.15) is 16.5 Å². The third-order valence-electron chi connectivity index (χ3n) is 6.74. The summed E-state index contributed by atoms with van der Waals surface area (Å²) >= 11 is 0. The SMILES string of the molecule is COc1ccc(NS(=O)(=O)c2cc(NC(=O)c3ccccc3NS(=O)(=O)c3ccc(F)cc3)ccc2N2CCOCC2)cc1. The lowest BCUT2D eigenvalue weighted by atomic mass is 10.1. The van der Waals surface area contributed by atoms with Gasteiger partial charge in [0.05, 0.1) is 42.2 Å². The molecule has 0 bridgehead atoms. The lowest BCUT2D eigenvalue weighted by molar-refractivity contribution is 0.102. The number of hydrogen-bond acceptors (Lipinski definition) is 8. The lowest BCUT2D eigenvalue weighted by Gasteiger charge is -2.30. The van der Waals surface area contributed by atoms with Crippen LogP contribution in [0.1, 0.15) is 10.4 Å². The van der Waals surface area contributed by atoms with Gasteiger partial charge >= 0.3 is 0 Å². The molecule has 0 aliphatic carbocycles. The highest BCUT2D eigenvalue weighted by atomic mass is 32.2. The first-order valence-electron chi connectivity index (χ1n) is 13.4. The average Bonchev–Trinajstić information content (AvgIpc) is 3.02. The van der Waals surface area contributed by atoms with Crippen LogP contribution in [0.15, 0.2) is 101 Å². The maximum atomic E-state index is 13.7. The third-order valence-corrected chi connectivity index (χ3v) is 9.53. The molecule has 1 saturated heterocycles. The molecular formula is C30H29FN4O7S2. The molecular weight excluding hydrogens is 611 g/mol. The maximum Gasteiger partial charge on any atom is 0.264 e. The van der Waals surface area contributed by atoms with E-state index in [1.54, 1.807) is 48.5 Å². The van der Waals surface area contributed by atoms with E-state index in [2.05, 4.69) is 14.8 Å². The second-order valence-electron chi connectivity index (χ2n) is 9.68. The minimum Gasteiger partial charge on any atom is -0.497 e. The summed E-state index contributed by atoms with van der Waals surface area (Å²) in [6.07, 6.45) is 0. The number of halogens is 1. The van der Waals surface area contributed by atoms with Gasteiger partial charge in [0.25, 0.3) is 26.0 Å². The van der Waals surface area contributed by atoms with Gasteiger partial charge in [0.15, 0.2) is 0 Å². The molecule has 0 spiro atoms. The highest BCUT2D eigenvalue weighted by Gasteiger charge is 2.25. The van der Waals surface area contributed by atoms with Crippen LogP contribution >= 0.6 is 0 Å². The number of carbonyl (C=O) groups excluding carboxylic acids is 1. The van der Waals surface area contributed by atoms with Crippen LogP contribution in [0.3, 0.4) is 0 Å². The second-order valence-corrected chi connectivity index (χ2v) is 13.0. The van der Waals surface area contributed by atoms with Crippen molar-refractivity contribution in [1.29, 1.82) is 0 Å². The third kappa shape index (κ3) is 7.10. The number of morpholine rings is 1. The minimum atomic E-state index is -4.15. The van der Waals surface area contributed by atoms with Crippen molar-refractivity contribution < 1.29 is 35.5 Å². The van der Waals surface area contributed by atoms with Gasteiger partial charge in [-0.05, 0) is 78.9 Å². The number of methoxy groups -OCH3 is 1. The van der Waals surface area contributed by atoms with E-state index < -0.39 is 31.8 Å². The Morgan fingerprint density at radius 2 is 1.48 bits per heavy atom. The lowest BCUT2D eigenvalue weighted by Crippen LogP contribution is -2.37. The van der Waals surface area contributed by atoms with Crippen molar-refractivity contribution in [3.05, 3.63) is 102 Å². The fourth-order valence-electron chi connectivity index (χ4n) is 4.53. The zero-order valence-electron chi connectivity index (χ0n) is 23.5. The summed E-state index contributed by atoms with van der Waals surface area (Å²) in [5.74, 6) is -0.719. The minimum absolute atomic E-state index is 0.0174. The average molecular weight is 641 g/mol. The van der Waals surface area contributed by atoms with Crippen molar-refractivity contribution >= 4 is 48.7 Å². The van der Waals surface area contributed by atoms with Crippen LogP contribution in [0.5, 0.6) is 5.75 Å². The van der Waals surface area contributed by atoms with Crippen LogP contribution in [0.4, 0.5) is 27.1 Å². The molecule has 1 amide bonds. The summed E-state index contributed by atoms with van der Waals surface area (Å²) in [6, 6.07) is 21.1. The van der Waals surface area contributed by atoms with Crippen molar-refractivity contribution in [2.45, 2.75) is 9.79 Å². The Balaban J connectivity index is 1.44. The molecule has 4 aromatic rings. The Morgan fingerprint density at radius 3 is 2.16 bits per heavy atom. The molecule has 44 heavy (non-hydrogen) atoms. The molecule has 3 N–H and O–H groups in total. The van der Waals surface area contributed by atoms with E-state index in [9.17, 15) is 26.0 Å². The number of nitrogens with one attached hydrogen (secondary N) is 3. The van der Waals surface area contributed by atoms with E-state index in [1.807, 2.05) is 4.90 Å². The molecule has 0 atom stereocenters. The Labute approximate surface area is 254 Å². The van der Waals surface area contributed by atoms with Crippen LogP contribution < -0.4 is 24.4 Å². The van der Waals surface area contributed by atoms with Crippen LogP contribution in [0.25, 0.3) is 0 Å². The van der Waals surface area contributed by atoms with E-state index in [4.69, 9.17) is 9.47 Å². The number of ether oxygens (including phenoxy) is 2. The number of nitrogens with zero attached hydrogens (tertiary/aromatic N) is 1. The van der Waals surface area contributed by atoms with Gasteiger partial charge in [0, 0.05) is 24.5 Å². The summed E-state index contributed by atoms with van der Waals surface area (Å²) < 4.78 is 82.0. The first-order chi connectivity index (χ1) is 21.1. The molecule has 1 aliphatic heterocycles. The Morgan fingerprint density at radius 1 is 0.818 bits per heavy atom. The first-order valence-corrected chi connectivity index (χ1v) is 16.3. The topological polar surface area (TPSA) is 143 Å². The van der Waals surface area contributed by atoms with Crippen molar-refractivity contribution in [3.63, 3.8) is 0 Å². The number of carbonyl (C=O) groups is 1. The fourth-order valence-corrected chi connectivity index (χ4v) is 6.92. The van der Waals surface area contributed by atoms with Crippen LogP contribution in [0, 0.1) is 5.82 Å². The van der Waals surface area contributed by atoms with Crippen molar-refractivity contribution in [1.82, 2.24) is 0 Å². The monoisotopic (exact) mass is 640 g/mol. The largest absolute Gasteiger partial charge is 0.497 e. The van der Waals surface area contributed by atoms with E-state index in [-0.39, 0.29) is 26.7 Å². The van der Waals surface area contributed by atoms with Crippen LogP contribution in [-0.4, -0.2) is 56.2 Å². The predicted molar refractivity (Wildman–Crippen MR) is 165 cm³/mol. The normalized spacial score (nSPS) is 13.6.